The van der Waals surface area contributed by atoms with E-state index in [1.807, 2.05) is 41.9 Å². The van der Waals surface area contributed by atoms with Crippen molar-refractivity contribution in [3.8, 4) is 0 Å². The van der Waals surface area contributed by atoms with Crippen LogP contribution in [0.4, 0.5) is 0 Å². The lowest BCUT2D eigenvalue weighted by atomic mass is 10.2. The van der Waals surface area contributed by atoms with E-state index in [-0.39, 0.29) is 0 Å². The second-order valence-corrected chi connectivity index (χ2v) is 5.53. The number of ether oxygens (including phenoxy) is 1. The molecule has 1 unspecified atom stereocenters. The number of carboxylic acid groups (broad SMARTS) is 1. The zero-order valence-electron chi connectivity index (χ0n) is 10.00. The van der Waals surface area contributed by atoms with Gasteiger partial charge in [0.15, 0.2) is 0 Å². The van der Waals surface area contributed by atoms with Crippen LogP contribution >= 0.6 is 0 Å². The van der Waals surface area contributed by atoms with Crippen LogP contribution in [0, 0.1) is 0 Å². The van der Waals surface area contributed by atoms with Crippen LogP contribution in [-0.2, 0) is 9.53 Å². The van der Waals surface area contributed by atoms with Crippen molar-refractivity contribution in [1.82, 2.24) is 0 Å². The molecule has 84 valence electrons. The van der Waals surface area contributed by atoms with Crippen molar-refractivity contribution >= 4 is 5.97 Å². The maximum Gasteiger partial charge on any atom is 0.338 e. The van der Waals surface area contributed by atoms with Crippen LogP contribution in [0.3, 0.4) is 0 Å². The van der Waals surface area contributed by atoms with Gasteiger partial charge in [0.25, 0.3) is 0 Å². The van der Waals surface area contributed by atoms with Gasteiger partial charge in [-0.3, -0.25) is 0 Å². The fourth-order valence-corrected chi connectivity index (χ4v) is 1.09. The van der Waals surface area contributed by atoms with Gasteiger partial charge in [0.1, 0.15) is 6.54 Å². The van der Waals surface area contributed by atoms with E-state index in [2.05, 4.69) is 0 Å². The van der Waals surface area contributed by atoms with Crippen molar-refractivity contribution in [3.63, 3.8) is 0 Å². The fraction of sp³-hybridized carbons (Fsp3) is 0.900. The summed E-state index contributed by atoms with van der Waals surface area (Å²) in [7, 11) is 5.84. The Labute approximate surface area is 86.1 Å². The highest BCUT2D eigenvalue weighted by atomic mass is 16.5. The van der Waals surface area contributed by atoms with E-state index >= 15 is 0 Å². The summed E-state index contributed by atoms with van der Waals surface area (Å²) in [6.07, 6.45) is -0.741. The molecule has 0 amide bonds. The number of aliphatic carboxylic acids is 1. The van der Waals surface area contributed by atoms with Crippen molar-refractivity contribution in [1.29, 1.82) is 0 Å². The maximum absolute atomic E-state index is 10.9. The summed E-state index contributed by atoms with van der Waals surface area (Å²) in [4.78, 5) is 10.9. The van der Waals surface area contributed by atoms with Gasteiger partial charge in [-0.25, -0.2) is 4.79 Å². The Kier molecular flexibility index (Phi) is 4.09. The lowest BCUT2D eigenvalue weighted by Crippen LogP contribution is -2.47. The summed E-state index contributed by atoms with van der Waals surface area (Å²) < 4.78 is 6.04. The number of nitrogens with zero attached hydrogens (tertiary/aromatic N) is 1. The second kappa shape index (κ2) is 4.28. The maximum atomic E-state index is 10.9. The number of likely N-dealkylation sites (N-methyl/N-ethyl adjacent to an activating group) is 1. The monoisotopic (exact) mass is 204 g/mol. The third-order valence-electron chi connectivity index (χ3n) is 1.48. The van der Waals surface area contributed by atoms with Crippen LogP contribution in [0.2, 0.25) is 0 Å². The minimum Gasteiger partial charge on any atom is -0.479 e. The minimum atomic E-state index is -0.895. The first-order valence-corrected chi connectivity index (χ1v) is 4.72. The third kappa shape index (κ3) is 6.86. The molecule has 0 aromatic rings. The second-order valence-electron chi connectivity index (χ2n) is 5.53. The molecule has 0 saturated heterocycles. The van der Waals surface area contributed by atoms with E-state index < -0.39 is 17.7 Å². The van der Waals surface area contributed by atoms with Crippen molar-refractivity contribution in [2.45, 2.75) is 32.5 Å². The van der Waals surface area contributed by atoms with Crippen LogP contribution in [0.15, 0.2) is 0 Å². The first-order valence-electron chi connectivity index (χ1n) is 4.72. The highest BCUT2D eigenvalue weighted by Crippen LogP contribution is 2.12. The average molecular weight is 204 g/mol. The van der Waals surface area contributed by atoms with E-state index in [4.69, 9.17) is 9.84 Å². The molecule has 0 saturated carbocycles. The van der Waals surface area contributed by atoms with E-state index in [9.17, 15) is 4.79 Å². The number of carboxylic acids is 1. The molecule has 0 aromatic heterocycles. The molecule has 0 bridgehead atoms. The quantitative estimate of drug-likeness (QED) is 0.694. The Morgan fingerprint density at radius 3 is 2.00 bits per heavy atom. The molecule has 0 aliphatic heterocycles. The predicted molar refractivity (Wildman–Crippen MR) is 55.2 cm³/mol. The number of quaternary nitrogens is 1. The Morgan fingerprint density at radius 1 is 1.36 bits per heavy atom. The first-order chi connectivity index (χ1) is 6.01. The predicted octanol–water partition coefficient (Wildman–Crippen LogP) is 0.961. The molecule has 0 aromatic carbocycles. The van der Waals surface area contributed by atoms with Crippen LogP contribution < -0.4 is 0 Å². The van der Waals surface area contributed by atoms with Crippen molar-refractivity contribution in [2.75, 3.05) is 27.7 Å². The van der Waals surface area contributed by atoms with Crippen LogP contribution in [-0.4, -0.2) is 55.0 Å². The van der Waals surface area contributed by atoms with Crippen LogP contribution in [0.1, 0.15) is 20.8 Å². The lowest BCUT2D eigenvalue weighted by molar-refractivity contribution is -0.872. The topological polar surface area (TPSA) is 46.5 Å². The number of hydrogen-bond acceptors (Lipinski definition) is 2. The summed E-state index contributed by atoms with van der Waals surface area (Å²) in [5.74, 6) is -0.895. The SMILES string of the molecule is CC(C)(C)OC(C[N+](C)(C)C)C(=O)O. The minimum absolute atomic E-state index is 0.418. The Bertz CT molecular complexity index is 184. The normalized spacial score (nSPS) is 15.3. The largest absolute Gasteiger partial charge is 0.479 e. The highest BCUT2D eigenvalue weighted by molar-refractivity contribution is 5.72. The zero-order chi connectivity index (χ0) is 11.6. The first kappa shape index (κ1) is 13.4. The van der Waals surface area contributed by atoms with Crippen LogP contribution in [0.5, 0.6) is 0 Å². The molecule has 0 spiro atoms. The summed E-state index contributed by atoms with van der Waals surface area (Å²) in [5, 5.41) is 8.96. The standard InChI is InChI=1S/C10H21NO3/c1-10(2,3)14-8(9(12)13)7-11(4,5)6/h8H,7H2,1-6H3/p+1. The average Bonchev–Trinajstić information content (AvgIpc) is 1.78. The molecule has 4 heteroatoms. The van der Waals surface area contributed by atoms with Crippen molar-refractivity contribution in [2.24, 2.45) is 0 Å². The molecule has 1 atom stereocenters. The van der Waals surface area contributed by atoms with Gasteiger partial charge >= 0.3 is 5.97 Å². The van der Waals surface area contributed by atoms with E-state index in [0.717, 1.165) is 0 Å². The van der Waals surface area contributed by atoms with Gasteiger partial charge in [0, 0.05) is 0 Å². The molecular weight excluding hydrogens is 182 g/mol. The van der Waals surface area contributed by atoms with E-state index in [1.165, 1.54) is 0 Å². The summed E-state index contributed by atoms with van der Waals surface area (Å²) in [6, 6.07) is 0. The Hall–Kier alpha value is -0.610. The molecule has 0 aliphatic rings. The zero-order valence-corrected chi connectivity index (χ0v) is 10.00. The van der Waals surface area contributed by atoms with Crippen molar-refractivity contribution in [3.05, 3.63) is 0 Å². The van der Waals surface area contributed by atoms with Crippen molar-refractivity contribution < 1.29 is 19.1 Å². The molecular formula is C10H22NO3+. The van der Waals surface area contributed by atoms with E-state index in [1.54, 1.807) is 0 Å². The number of carbonyl (C=O) groups is 1. The molecule has 0 rings (SSSR count). The third-order valence-corrected chi connectivity index (χ3v) is 1.48. The Morgan fingerprint density at radius 2 is 1.79 bits per heavy atom. The van der Waals surface area contributed by atoms with Gasteiger partial charge in [0.05, 0.1) is 26.7 Å². The number of rotatable bonds is 4. The molecule has 0 aliphatic carbocycles. The van der Waals surface area contributed by atoms with E-state index in [0.29, 0.717) is 11.0 Å². The van der Waals surface area contributed by atoms with Gasteiger partial charge in [-0.05, 0) is 20.8 Å². The van der Waals surface area contributed by atoms with Gasteiger partial charge in [0.2, 0.25) is 6.10 Å². The van der Waals surface area contributed by atoms with Gasteiger partial charge < -0.3 is 14.3 Å². The summed E-state index contributed by atoms with van der Waals surface area (Å²) >= 11 is 0. The van der Waals surface area contributed by atoms with Gasteiger partial charge in [-0.1, -0.05) is 0 Å². The molecule has 0 heterocycles. The van der Waals surface area contributed by atoms with Crippen LogP contribution in [0.25, 0.3) is 0 Å². The fourth-order valence-electron chi connectivity index (χ4n) is 1.09. The Balaban J connectivity index is 4.40. The lowest BCUT2D eigenvalue weighted by Gasteiger charge is -2.31. The summed E-state index contributed by atoms with van der Waals surface area (Å²) in [6.45, 7) is 6.04. The molecule has 14 heavy (non-hydrogen) atoms. The molecule has 4 nitrogen and oxygen atoms in total. The molecule has 0 fully saturated rings. The molecule has 1 N–H and O–H groups in total. The summed E-state index contributed by atoms with van der Waals surface area (Å²) in [5.41, 5.74) is -0.418. The van der Waals surface area contributed by atoms with Gasteiger partial charge in [-0.2, -0.15) is 0 Å². The smallest absolute Gasteiger partial charge is 0.338 e. The highest BCUT2D eigenvalue weighted by Gasteiger charge is 2.29. The van der Waals surface area contributed by atoms with Gasteiger partial charge in [-0.15, -0.1) is 0 Å². The molecule has 0 radical (unpaired) electrons. The number of hydrogen-bond donors (Lipinski definition) is 1.